The van der Waals surface area contributed by atoms with E-state index in [0.29, 0.717) is 16.2 Å². The van der Waals surface area contributed by atoms with Crippen LogP contribution in [0.25, 0.3) is 11.3 Å². The summed E-state index contributed by atoms with van der Waals surface area (Å²) in [5.74, 6) is 0.473. The predicted molar refractivity (Wildman–Crippen MR) is 133 cm³/mol. The Morgan fingerprint density at radius 3 is 2.91 bits per heavy atom. The molecular formula is C24H18BrN5O2S. The second-order valence-electron chi connectivity index (χ2n) is 7.25. The molecule has 1 N–H and O–H groups in total. The van der Waals surface area contributed by atoms with Gasteiger partial charge in [0.05, 0.1) is 29.0 Å². The van der Waals surface area contributed by atoms with Gasteiger partial charge in [-0.25, -0.2) is 9.67 Å². The van der Waals surface area contributed by atoms with Crippen molar-refractivity contribution in [2.24, 2.45) is 10.1 Å². The number of pyridine rings is 1. The summed E-state index contributed by atoms with van der Waals surface area (Å²) >= 11 is 5.09. The fraction of sp³-hybridized carbons (Fsp3) is 0.0833. The van der Waals surface area contributed by atoms with E-state index < -0.39 is 0 Å². The van der Waals surface area contributed by atoms with Gasteiger partial charge in [-0.2, -0.15) is 5.10 Å². The standard InChI is InChI=1S/C24H18BrN5O2S/c1-15(18-6-2-3-7-19(18)25)29-30-21(14-33-24(30)27-17-5-4-10-26-12-17)16-8-9-22-20(11-16)28-23(31)13-32-22/h2-12,14H,13H2,1H3,(H,28,31). The van der Waals surface area contributed by atoms with Gasteiger partial charge >= 0.3 is 0 Å². The maximum Gasteiger partial charge on any atom is 0.262 e. The van der Waals surface area contributed by atoms with Crippen molar-refractivity contribution in [1.82, 2.24) is 9.66 Å². The van der Waals surface area contributed by atoms with Crippen LogP contribution in [0.15, 0.2) is 86.9 Å². The number of hydrogen-bond acceptors (Lipinski definition) is 6. The van der Waals surface area contributed by atoms with Crippen molar-refractivity contribution in [3.63, 3.8) is 0 Å². The Kier molecular flexibility index (Phi) is 5.89. The Hall–Kier alpha value is -3.56. The number of nitrogens with one attached hydrogen (secondary N) is 1. The summed E-state index contributed by atoms with van der Waals surface area (Å²) in [5, 5.41) is 9.80. The summed E-state index contributed by atoms with van der Waals surface area (Å²) in [6, 6.07) is 17.4. The fourth-order valence-corrected chi connectivity index (χ4v) is 4.83. The Bertz CT molecular complexity index is 1440. The molecular weight excluding hydrogens is 502 g/mol. The smallest absolute Gasteiger partial charge is 0.262 e. The van der Waals surface area contributed by atoms with Gasteiger partial charge in [0.25, 0.3) is 5.91 Å². The Labute approximate surface area is 202 Å². The topological polar surface area (TPSA) is 80.9 Å². The zero-order valence-corrected chi connectivity index (χ0v) is 19.9. The third-order valence-corrected chi connectivity index (χ3v) is 6.49. The number of nitrogens with zero attached hydrogens (tertiary/aromatic N) is 4. The van der Waals surface area contributed by atoms with E-state index in [0.717, 1.165) is 32.7 Å². The van der Waals surface area contributed by atoms with Crippen LogP contribution >= 0.6 is 27.3 Å². The van der Waals surface area contributed by atoms with Crippen molar-refractivity contribution in [2.45, 2.75) is 6.92 Å². The monoisotopic (exact) mass is 519 g/mol. The number of hydrogen-bond donors (Lipinski definition) is 1. The zero-order chi connectivity index (χ0) is 22.8. The molecule has 9 heteroatoms. The first kappa shape index (κ1) is 21.3. The molecule has 0 spiro atoms. The molecule has 0 fully saturated rings. The van der Waals surface area contributed by atoms with Crippen LogP contribution in [-0.2, 0) is 4.79 Å². The van der Waals surface area contributed by atoms with Gasteiger partial charge in [0.2, 0.25) is 4.80 Å². The van der Waals surface area contributed by atoms with E-state index >= 15 is 0 Å². The predicted octanol–water partition coefficient (Wildman–Crippen LogP) is 5.21. The minimum absolute atomic E-state index is 0.0222. The van der Waals surface area contributed by atoms with Crippen LogP contribution in [0, 0.1) is 0 Å². The highest BCUT2D eigenvalue weighted by Crippen LogP contribution is 2.33. The molecule has 0 radical (unpaired) electrons. The van der Waals surface area contributed by atoms with Crippen LogP contribution in [0.5, 0.6) is 5.75 Å². The summed E-state index contributed by atoms with van der Waals surface area (Å²) in [5.41, 5.74) is 4.91. The quantitative estimate of drug-likeness (QED) is 0.375. The van der Waals surface area contributed by atoms with Gasteiger partial charge in [0, 0.05) is 27.2 Å². The average molecular weight is 520 g/mol. The van der Waals surface area contributed by atoms with Crippen molar-refractivity contribution in [3.8, 4) is 17.0 Å². The molecule has 0 saturated carbocycles. The minimum Gasteiger partial charge on any atom is -0.482 e. The number of rotatable bonds is 4. The minimum atomic E-state index is -0.173. The first-order valence-electron chi connectivity index (χ1n) is 10.1. The van der Waals surface area contributed by atoms with E-state index in [-0.39, 0.29) is 12.5 Å². The molecule has 0 saturated heterocycles. The molecule has 0 bridgehead atoms. The normalized spacial score (nSPS) is 13.9. The highest BCUT2D eigenvalue weighted by atomic mass is 79.9. The largest absolute Gasteiger partial charge is 0.482 e. The van der Waals surface area contributed by atoms with Crippen LogP contribution < -0.4 is 14.9 Å². The van der Waals surface area contributed by atoms with Gasteiger partial charge in [0.15, 0.2) is 6.61 Å². The fourth-order valence-electron chi connectivity index (χ4n) is 3.40. The van der Waals surface area contributed by atoms with E-state index in [2.05, 4.69) is 26.2 Å². The molecule has 1 aliphatic heterocycles. The van der Waals surface area contributed by atoms with Crippen molar-refractivity contribution >= 4 is 50.3 Å². The van der Waals surface area contributed by atoms with Gasteiger partial charge in [-0.3, -0.25) is 9.78 Å². The molecule has 164 valence electrons. The molecule has 0 unspecified atom stereocenters. The molecule has 5 rings (SSSR count). The number of thiazole rings is 1. The summed E-state index contributed by atoms with van der Waals surface area (Å²) in [6.45, 7) is 1.98. The van der Waals surface area contributed by atoms with Crippen molar-refractivity contribution in [1.29, 1.82) is 0 Å². The lowest BCUT2D eigenvalue weighted by Gasteiger charge is -2.18. The average Bonchev–Trinajstić information content (AvgIpc) is 3.21. The van der Waals surface area contributed by atoms with Crippen LogP contribution in [-0.4, -0.2) is 27.9 Å². The van der Waals surface area contributed by atoms with Gasteiger partial charge in [-0.05, 0) is 43.3 Å². The highest BCUT2D eigenvalue weighted by molar-refractivity contribution is 9.10. The number of amides is 1. The van der Waals surface area contributed by atoms with Crippen LogP contribution in [0.2, 0.25) is 0 Å². The molecule has 33 heavy (non-hydrogen) atoms. The third kappa shape index (κ3) is 4.50. The van der Waals surface area contributed by atoms with Crippen molar-refractivity contribution in [3.05, 3.63) is 87.2 Å². The highest BCUT2D eigenvalue weighted by Gasteiger charge is 2.18. The first-order valence-corrected chi connectivity index (χ1v) is 11.8. The van der Waals surface area contributed by atoms with Gasteiger partial charge in [-0.1, -0.05) is 34.1 Å². The number of carbonyl (C=O) groups is 1. The third-order valence-electron chi connectivity index (χ3n) is 4.98. The number of anilines is 1. The van der Waals surface area contributed by atoms with E-state index in [4.69, 9.17) is 14.8 Å². The van der Waals surface area contributed by atoms with E-state index in [1.54, 1.807) is 12.4 Å². The summed E-state index contributed by atoms with van der Waals surface area (Å²) in [6.07, 6.45) is 3.42. The molecule has 3 heterocycles. The molecule has 2 aromatic carbocycles. The zero-order valence-electron chi connectivity index (χ0n) is 17.5. The Morgan fingerprint density at radius 2 is 2.09 bits per heavy atom. The number of benzene rings is 2. The molecule has 4 aromatic rings. The maximum atomic E-state index is 11.8. The van der Waals surface area contributed by atoms with Crippen molar-refractivity contribution < 1.29 is 9.53 Å². The number of ether oxygens (including phenoxy) is 1. The van der Waals surface area contributed by atoms with Gasteiger partial charge < -0.3 is 10.1 Å². The maximum absolute atomic E-state index is 11.8. The van der Waals surface area contributed by atoms with Gasteiger partial charge in [-0.15, -0.1) is 11.3 Å². The SMILES string of the molecule is CC(=Nn1c(-c2ccc3c(c2)NC(=O)CO3)csc1=Nc1cccnc1)c1ccccc1Br. The Balaban J connectivity index is 1.67. The number of aromatic nitrogens is 2. The molecule has 0 atom stereocenters. The lowest BCUT2D eigenvalue weighted by molar-refractivity contribution is -0.118. The molecule has 1 amide bonds. The lowest BCUT2D eigenvalue weighted by atomic mass is 10.1. The Morgan fingerprint density at radius 1 is 1.21 bits per heavy atom. The summed E-state index contributed by atoms with van der Waals surface area (Å²) in [7, 11) is 0. The molecule has 2 aromatic heterocycles. The van der Waals surface area contributed by atoms with Crippen LogP contribution in [0.1, 0.15) is 12.5 Å². The number of halogens is 1. The first-order chi connectivity index (χ1) is 16.1. The number of fused-ring (bicyclic) bond motifs is 1. The second-order valence-corrected chi connectivity index (χ2v) is 8.94. The number of carbonyl (C=O) groups excluding carboxylic acids is 1. The molecule has 1 aliphatic rings. The van der Waals surface area contributed by atoms with Crippen LogP contribution in [0.4, 0.5) is 11.4 Å². The second kappa shape index (κ2) is 9.13. The lowest BCUT2D eigenvalue weighted by Crippen LogP contribution is -2.25. The summed E-state index contributed by atoms with van der Waals surface area (Å²) < 4.78 is 8.28. The molecule has 7 nitrogen and oxygen atoms in total. The van der Waals surface area contributed by atoms with Crippen molar-refractivity contribution in [2.75, 3.05) is 11.9 Å². The van der Waals surface area contributed by atoms with E-state index in [1.165, 1.54) is 11.3 Å². The van der Waals surface area contributed by atoms with Crippen LogP contribution in [0.3, 0.4) is 0 Å². The summed E-state index contributed by atoms with van der Waals surface area (Å²) in [4.78, 5) is 21.4. The van der Waals surface area contributed by atoms with E-state index in [9.17, 15) is 4.79 Å². The molecule has 0 aliphatic carbocycles. The van der Waals surface area contributed by atoms with E-state index in [1.807, 2.05) is 71.6 Å². The van der Waals surface area contributed by atoms with Gasteiger partial charge in [0.1, 0.15) is 5.75 Å².